The minimum absolute atomic E-state index is 0.664. The van der Waals surface area contributed by atoms with Crippen molar-refractivity contribution < 1.29 is 0 Å². The molecule has 1 unspecified atom stereocenters. The van der Waals surface area contributed by atoms with Crippen molar-refractivity contribution >= 4 is 12.6 Å². The minimum atomic E-state index is 0.664. The van der Waals surface area contributed by atoms with Crippen LogP contribution in [0.25, 0.3) is 0 Å². The van der Waals surface area contributed by atoms with Crippen LogP contribution in [0, 0.1) is 0 Å². The topological polar surface area (TPSA) is 0 Å². The number of thiol groups is 1. The van der Waals surface area contributed by atoms with E-state index >= 15 is 0 Å². The molecule has 0 aliphatic rings. The van der Waals surface area contributed by atoms with E-state index in [1.807, 2.05) is 0 Å². The number of unbranched alkanes of at least 4 members (excludes halogenated alkanes) is 21. The monoisotopic (exact) mass is 426 g/mol. The zero-order chi connectivity index (χ0) is 21.3. The second kappa shape index (κ2) is 26.4. The second-order valence-corrected chi connectivity index (χ2v) is 10.4. The van der Waals surface area contributed by atoms with Crippen LogP contribution in [0.5, 0.6) is 0 Å². The fourth-order valence-electron chi connectivity index (χ4n) is 4.41. The predicted octanol–water partition coefficient (Wildman–Crippen LogP) is 11.1. The highest BCUT2D eigenvalue weighted by atomic mass is 32.1. The van der Waals surface area contributed by atoms with E-state index in [2.05, 4.69) is 13.8 Å². The second-order valence-electron chi connectivity index (χ2n) is 9.66. The molecule has 0 heterocycles. The Bertz CT molecular complexity index is 275. The Balaban J connectivity index is 3.10. The van der Waals surface area contributed by atoms with Gasteiger partial charge in [0.25, 0.3) is 0 Å². The van der Waals surface area contributed by atoms with Crippen molar-refractivity contribution in [3.8, 4) is 0 Å². The van der Waals surface area contributed by atoms with E-state index in [-0.39, 0.29) is 0 Å². The van der Waals surface area contributed by atoms with Crippen LogP contribution < -0.4 is 0 Å². The molecule has 0 aromatic heterocycles. The quantitative estimate of drug-likeness (QED) is 0.109. The van der Waals surface area contributed by atoms with Crippen LogP contribution in [-0.4, -0.2) is 5.25 Å². The van der Waals surface area contributed by atoms with Gasteiger partial charge in [-0.15, -0.1) is 0 Å². The molecule has 0 amide bonds. The number of hydrogen-bond donors (Lipinski definition) is 1. The summed E-state index contributed by atoms with van der Waals surface area (Å²) in [6.07, 6.45) is 36.0. The molecule has 0 aliphatic carbocycles. The van der Waals surface area contributed by atoms with Gasteiger partial charge in [0.1, 0.15) is 0 Å². The first-order valence-corrected chi connectivity index (χ1v) is 14.5. The number of rotatable bonds is 25. The summed E-state index contributed by atoms with van der Waals surface area (Å²) in [6, 6.07) is 0. The highest BCUT2D eigenvalue weighted by molar-refractivity contribution is 7.80. The van der Waals surface area contributed by atoms with Crippen molar-refractivity contribution in [3.05, 3.63) is 0 Å². The molecule has 0 nitrogen and oxygen atoms in total. The standard InChI is InChI=1S/C28H58S/c1-3-5-7-9-11-12-13-14-15-16-17-18-19-21-23-25-27-28(29)26-24-22-20-10-8-6-4-2/h28-29H,3-27H2,1-2H3. The van der Waals surface area contributed by atoms with Gasteiger partial charge in [0, 0.05) is 5.25 Å². The Morgan fingerprint density at radius 1 is 0.345 bits per heavy atom. The average molecular weight is 427 g/mol. The Morgan fingerprint density at radius 3 is 0.793 bits per heavy atom. The zero-order valence-corrected chi connectivity index (χ0v) is 21.6. The minimum Gasteiger partial charge on any atom is -0.176 e. The average Bonchev–Trinajstić information content (AvgIpc) is 2.72. The first kappa shape index (κ1) is 29.4. The Hall–Kier alpha value is 0.350. The van der Waals surface area contributed by atoms with Gasteiger partial charge in [0.15, 0.2) is 0 Å². The van der Waals surface area contributed by atoms with Gasteiger partial charge < -0.3 is 0 Å². The lowest BCUT2D eigenvalue weighted by molar-refractivity contribution is 0.520. The van der Waals surface area contributed by atoms with Crippen molar-refractivity contribution in [2.75, 3.05) is 0 Å². The summed E-state index contributed by atoms with van der Waals surface area (Å²) in [5, 5.41) is 0.664. The van der Waals surface area contributed by atoms with Crippen molar-refractivity contribution in [1.29, 1.82) is 0 Å². The third-order valence-electron chi connectivity index (χ3n) is 6.53. The fraction of sp³-hybridized carbons (Fsp3) is 1.00. The van der Waals surface area contributed by atoms with E-state index in [0.717, 1.165) is 0 Å². The molecule has 0 aromatic carbocycles. The van der Waals surface area contributed by atoms with E-state index in [1.54, 1.807) is 0 Å². The maximum Gasteiger partial charge on any atom is 0.00168 e. The van der Waals surface area contributed by atoms with Crippen LogP contribution in [-0.2, 0) is 0 Å². The van der Waals surface area contributed by atoms with Crippen LogP contribution in [0.1, 0.15) is 174 Å². The molecule has 1 heteroatoms. The lowest BCUT2D eigenvalue weighted by atomic mass is 10.0. The maximum atomic E-state index is 4.82. The summed E-state index contributed by atoms with van der Waals surface area (Å²) in [4.78, 5) is 0. The normalized spacial score (nSPS) is 12.5. The van der Waals surface area contributed by atoms with Crippen molar-refractivity contribution in [2.24, 2.45) is 0 Å². The molecule has 0 N–H and O–H groups in total. The van der Waals surface area contributed by atoms with E-state index in [9.17, 15) is 0 Å². The highest BCUT2D eigenvalue weighted by Crippen LogP contribution is 2.18. The summed E-state index contributed by atoms with van der Waals surface area (Å²) in [7, 11) is 0. The number of hydrogen-bond acceptors (Lipinski definition) is 1. The zero-order valence-electron chi connectivity index (χ0n) is 20.7. The summed E-state index contributed by atoms with van der Waals surface area (Å²) < 4.78 is 0. The first-order chi connectivity index (χ1) is 14.3. The molecular formula is C28H58S. The van der Waals surface area contributed by atoms with Gasteiger partial charge in [-0.1, -0.05) is 162 Å². The Kier molecular flexibility index (Phi) is 26.7. The Labute approximate surface area is 192 Å². The highest BCUT2D eigenvalue weighted by Gasteiger charge is 2.03. The van der Waals surface area contributed by atoms with Gasteiger partial charge in [0.2, 0.25) is 0 Å². The van der Waals surface area contributed by atoms with Crippen LogP contribution >= 0.6 is 12.6 Å². The van der Waals surface area contributed by atoms with Gasteiger partial charge in [-0.05, 0) is 12.8 Å². The molecule has 0 radical (unpaired) electrons. The SMILES string of the molecule is CCCCCCCCCCCCCCCCCCC(S)CCCCCCCCC. The van der Waals surface area contributed by atoms with Gasteiger partial charge in [-0.25, -0.2) is 0 Å². The first-order valence-electron chi connectivity index (χ1n) is 14.0. The van der Waals surface area contributed by atoms with Crippen LogP contribution in [0.2, 0.25) is 0 Å². The van der Waals surface area contributed by atoms with Gasteiger partial charge in [-0.3, -0.25) is 0 Å². The van der Waals surface area contributed by atoms with E-state index < -0.39 is 0 Å². The summed E-state index contributed by atoms with van der Waals surface area (Å²) in [5.41, 5.74) is 0. The van der Waals surface area contributed by atoms with E-state index in [0.29, 0.717) is 5.25 Å². The summed E-state index contributed by atoms with van der Waals surface area (Å²) in [6.45, 7) is 4.60. The summed E-state index contributed by atoms with van der Waals surface area (Å²) in [5.74, 6) is 0. The molecule has 29 heavy (non-hydrogen) atoms. The van der Waals surface area contributed by atoms with Gasteiger partial charge in [0.05, 0.1) is 0 Å². The predicted molar refractivity (Wildman–Crippen MR) is 140 cm³/mol. The van der Waals surface area contributed by atoms with Gasteiger partial charge in [-0.2, -0.15) is 12.6 Å². The third kappa shape index (κ3) is 26.3. The molecule has 0 fully saturated rings. The van der Waals surface area contributed by atoms with Crippen LogP contribution in [0.3, 0.4) is 0 Å². The van der Waals surface area contributed by atoms with Gasteiger partial charge >= 0.3 is 0 Å². The van der Waals surface area contributed by atoms with Crippen molar-refractivity contribution in [2.45, 2.75) is 180 Å². The molecular weight excluding hydrogens is 368 g/mol. The molecule has 1 atom stereocenters. The lowest BCUT2D eigenvalue weighted by Crippen LogP contribution is -1.98. The van der Waals surface area contributed by atoms with E-state index in [4.69, 9.17) is 12.6 Å². The molecule has 0 spiro atoms. The Morgan fingerprint density at radius 2 is 0.552 bits per heavy atom. The lowest BCUT2D eigenvalue weighted by Gasteiger charge is -2.10. The molecule has 0 saturated carbocycles. The third-order valence-corrected chi connectivity index (χ3v) is 7.05. The molecule has 176 valence electrons. The van der Waals surface area contributed by atoms with E-state index in [1.165, 1.54) is 161 Å². The molecule has 0 bridgehead atoms. The van der Waals surface area contributed by atoms with Crippen molar-refractivity contribution in [1.82, 2.24) is 0 Å². The van der Waals surface area contributed by atoms with Crippen LogP contribution in [0.4, 0.5) is 0 Å². The molecule has 0 aromatic rings. The maximum absolute atomic E-state index is 4.82. The molecule has 0 saturated heterocycles. The fourth-order valence-corrected chi connectivity index (χ4v) is 4.77. The van der Waals surface area contributed by atoms with Crippen LogP contribution in [0.15, 0.2) is 0 Å². The molecule has 0 rings (SSSR count). The summed E-state index contributed by atoms with van der Waals surface area (Å²) >= 11 is 4.82. The van der Waals surface area contributed by atoms with Crippen molar-refractivity contribution in [3.63, 3.8) is 0 Å². The molecule has 0 aliphatic heterocycles. The smallest absolute Gasteiger partial charge is 0.00168 e. The largest absolute Gasteiger partial charge is 0.176 e.